The van der Waals surface area contributed by atoms with Gasteiger partial charge in [-0.1, -0.05) is 0 Å². The Kier molecular flexibility index (Phi) is 1.67. The number of hydrogen-bond donors (Lipinski definition) is 1. The lowest BCUT2D eigenvalue weighted by Crippen LogP contribution is -2.22. The van der Waals surface area contributed by atoms with Gasteiger partial charge in [-0.2, -0.15) is 5.10 Å². The molecule has 0 aliphatic carbocycles. The van der Waals surface area contributed by atoms with E-state index >= 15 is 0 Å². The molecular formula is C5H7N3OS. The number of aromatic amines is 1. The molecule has 0 spiro atoms. The average Bonchev–Trinajstić information content (AvgIpc) is 1.93. The molecule has 0 amide bonds. The molecule has 0 aromatic carbocycles. The maximum atomic E-state index is 11.0. The van der Waals surface area contributed by atoms with Crippen LogP contribution in [-0.4, -0.2) is 14.8 Å². The Bertz CT molecular complexity index is 351. The van der Waals surface area contributed by atoms with E-state index in [9.17, 15) is 4.79 Å². The molecule has 10 heavy (non-hydrogen) atoms. The molecule has 1 aromatic heterocycles. The Morgan fingerprint density at radius 1 is 1.70 bits per heavy atom. The molecule has 1 rings (SSSR count). The molecule has 4 nitrogen and oxygen atoms in total. The topological polar surface area (TPSA) is 50.7 Å². The van der Waals surface area contributed by atoms with Crippen LogP contribution >= 0.6 is 12.2 Å². The second-order valence-electron chi connectivity index (χ2n) is 1.98. The van der Waals surface area contributed by atoms with Crippen LogP contribution in [0.4, 0.5) is 0 Å². The second-order valence-corrected chi connectivity index (χ2v) is 2.37. The third-order valence-corrected chi connectivity index (χ3v) is 1.60. The molecule has 0 saturated heterocycles. The quantitative estimate of drug-likeness (QED) is 0.545. The van der Waals surface area contributed by atoms with Crippen molar-refractivity contribution in [1.82, 2.24) is 14.8 Å². The summed E-state index contributed by atoms with van der Waals surface area (Å²) in [7, 11) is 1.61. The van der Waals surface area contributed by atoms with Crippen molar-refractivity contribution in [2.24, 2.45) is 7.05 Å². The van der Waals surface area contributed by atoms with Crippen molar-refractivity contribution in [2.75, 3.05) is 0 Å². The van der Waals surface area contributed by atoms with Crippen LogP contribution in [0.3, 0.4) is 0 Å². The Morgan fingerprint density at radius 2 is 2.30 bits per heavy atom. The Balaban J connectivity index is 3.66. The van der Waals surface area contributed by atoms with Crippen LogP contribution in [-0.2, 0) is 7.05 Å². The molecule has 1 N–H and O–H groups in total. The van der Waals surface area contributed by atoms with Gasteiger partial charge in [0.25, 0.3) is 5.56 Å². The fourth-order valence-electron chi connectivity index (χ4n) is 0.589. The molecule has 54 valence electrons. The molecule has 0 unspecified atom stereocenters. The first-order chi connectivity index (χ1) is 4.63. The van der Waals surface area contributed by atoms with Crippen molar-refractivity contribution in [3.8, 4) is 0 Å². The third-order valence-electron chi connectivity index (χ3n) is 1.24. The van der Waals surface area contributed by atoms with Crippen LogP contribution < -0.4 is 5.56 Å². The lowest BCUT2D eigenvalue weighted by atomic mass is 10.5. The molecule has 5 heteroatoms. The number of nitrogens with one attached hydrogen (secondary N) is 1. The number of aromatic nitrogens is 3. The van der Waals surface area contributed by atoms with Crippen molar-refractivity contribution in [3.05, 3.63) is 20.8 Å². The van der Waals surface area contributed by atoms with Gasteiger partial charge in [-0.15, -0.1) is 0 Å². The van der Waals surface area contributed by atoms with E-state index < -0.39 is 0 Å². The molecule has 0 fully saturated rings. The highest BCUT2D eigenvalue weighted by Gasteiger charge is 1.95. The number of nitrogens with zero attached hydrogens (tertiary/aromatic N) is 2. The lowest BCUT2D eigenvalue weighted by Gasteiger charge is -1.95. The number of rotatable bonds is 0. The largest absolute Gasteiger partial charge is 0.286 e. The monoisotopic (exact) mass is 157 g/mol. The number of aryl methyl sites for hydroxylation is 1. The molecule has 0 bridgehead atoms. The SMILES string of the molecule is Cc1n[nH]c(=S)n(C)c1=O. The maximum Gasteiger partial charge on any atom is 0.275 e. The molecule has 0 aliphatic rings. The molecule has 0 aliphatic heterocycles. The zero-order valence-corrected chi connectivity index (χ0v) is 6.53. The Morgan fingerprint density at radius 3 is 2.80 bits per heavy atom. The van der Waals surface area contributed by atoms with E-state index in [0.717, 1.165) is 0 Å². The first-order valence-corrected chi connectivity index (χ1v) is 3.16. The van der Waals surface area contributed by atoms with Crippen LogP contribution in [0, 0.1) is 11.7 Å². The summed E-state index contributed by atoms with van der Waals surface area (Å²) in [5, 5.41) is 6.21. The van der Waals surface area contributed by atoms with Gasteiger partial charge in [-0.25, -0.2) is 0 Å². The fourth-order valence-corrected chi connectivity index (χ4v) is 0.718. The van der Waals surface area contributed by atoms with Crippen LogP contribution in [0.15, 0.2) is 4.79 Å². The summed E-state index contributed by atoms with van der Waals surface area (Å²) in [4.78, 5) is 11.0. The van der Waals surface area contributed by atoms with E-state index in [-0.39, 0.29) is 5.56 Å². The summed E-state index contributed by atoms with van der Waals surface area (Å²) in [6, 6.07) is 0. The van der Waals surface area contributed by atoms with Crippen LogP contribution in [0.2, 0.25) is 0 Å². The zero-order chi connectivity index (χ0) is 7.72. The summed E-state index contributed by atoms with van der Waals surface area (Å²) in [6.07, 6.45) is 0. The molecule has 0 saturated carbocycles. The van der Waals surface area contributed by atoms with E-state index in [1.807, 2.05) is 0 Å². The highest BCUT2D eigenvalue weighted by atomic mass is 32.1. The van der Waals surface area contributed by atoms with E-state index in [0.29, 0.717) is 10.5 Å². The summed E-state index contributed by atoms with van der Waals surface area (Å²) < 4.78 is 1.69. The van der Waals surface area contributed by atoms with Crippen molar-refractivity contribution >= 4 is 12.2 Å². The van der Waals surface area contributed by atoms with Crippen LogP contribution in [0.25, 0.3) is 0 Å². The van der Waals surface area contributed by atoms with E-state index in [4.69, 9.17) is 12.2 Å². The summed E-state index contributed by atoms with van der Waals surface area (Å²) in [6.45, 7) is 1.63. The van der Waals surface area contributed by atoms with Crippen molar-refractivity contribution in [2.45, 2.75) is 6.92 Å². The van der Waals surface area contributed by atoms with Gasteiger partial charge in [0.2, 0.25) is 0 Å². The zero-order valence-electron chi connectivity index (χ0n) is 5.71. The third kappa shape index (κ3) is 0.995. The first-order valence-electron chi connectivity index (χ1n) is 2.75. The minimum Gasteiger partial charge on any atom is -0.286 e. The number of H-pyrrole nitrogens is 1. The number of hydrogen-bond acceptors (Lipinski definition) is 3. The molecule has 0 atom stereocenters. The normalized spacial score (nSPS) is 9.80. The van der Waals surface area contributed by atoms with Gasteiger partial charge in [0.1, 0.15) is 5.69 Å². The van der Waals surface area contributed by atoms with Gasteiger partial charge < -0.3 is 0 Å². The van der Waals surface area contributed by atoms with Crippen LogP contribution in [0.5, 0.6) is 0 Å². The molecule has 1 heterocycles. The minimum absolute atomic E-state index is 0.149. The van der Waals surface area contributed by atoms with Gasteiger partial charge in [0.05, 0.1) is 0 Å². The minimum atomic E-state index is -0.149. The van der Waals surface area contributed by atoms with Gasteiger partial charge in [-0.05, 0) is 19.1 Å². The second kappa shape index (κ2) is 2.34. The average molecular weight is 157 g/mol. The predicted octanol–water partition coefficient (Wildman–Crippen LogP) is 0.146. The summed E-state index contributed by atoms with van der Waals surface area (Å²) in [5.41, 5.74) is 0.278. The van der Waals surface area contributed by atoms with E-state index in [1.165, 1.54) is 4.57 Å². The standard InChI is InChI=1S/C5H7N3OS/c1-3-4(9)8(2)5(10)7-6-3/h1-2H3,(H,7,10). The summed E-state index contributed by atoms with van der Waals surface area (Å²) >= 11 is 4.75. The van der Waals surface area contributed by atoms with Gasteiger partial charge >= 0.3 is 0 Å². The Labute approximate surface area is 62.5 Å². The fraction of sp³-hybridized carbons (Fsp3) is 0.400. The smallest absolute Gasteiger partial charge is 0.275 e. The first kappa shape index (κ1) is 7.14. The van der Waals surface area contributed by atoms with E-state index in [2.05, 4.69) is 10.2 Å². The van der Waals surface area contributed by atoms with Gasteiger partial charge in [-0.3, -0.25) is 14.5 Å². The van der Waals surface area contributed by atoms with Crippen molar-refractivity contribution < 1.29 is 0 Å². The highest BCUT2D eigenvalue weighted by molar-refractivity contribution is 7.71. The lowest BCUT2D eigenvalue weighted by molar-refractivity contribution is 0.736. The molecule has 0 radical (unpaired) electrons. The molecule has 1 aromatic rings. The van der Waals surface area contributed by atoms with Crippen molar-refractivity contribution in [3.63, 3.8) is 0 Å². The van der Waals surface area contributed by atoms with Crippen LogP contribution in [0.1, 0.15) is 5.69 Å². The molecular weight excluding hydrogens is 150 g/mol. The predicted molar refractivity (Wildman–Crippen MR) is 39.4 cm³/mol. The van der Waals surface area contributed by atoms with Gasteiger partial charge in [0.15, 0.2) is 4.77 Å². The van der Waals surface area contributed by atoms with Gasteiger partial charge in [0, 0.05) is 7.05 Å². The highest BCUT2D eigenvalue weighted by Crippen LogP contribution is 1.78. The summed E-state index contributed by atoms with van der Waals surface area (Å²) in [5.74, 6) is 0. The Hall–Kier alpha value is -0.970. The van der Waals surface area contributed by atoms with E-state index in [1.54, 1.807) is 14.0 Å². The van der Waals surface area contributed by atoms with Crippen molar-refractivity contribution in [1.29, 1.82) is 0 Å². The maximum absolute atomic E-state index is 11.0.